The number of amides is 2. The van der Waals surface area contributed by atoms with Crippen LogP contribution in [0.4, 0.5) is 0 Å². The molecule has 0 saturated carbocycles. The number of piperazine rings is 1. The van der Waals surface area contributed by atoms with E-state index in [-0.39, 0.29) is 5.92 Å². The number of methoxy groups -OCH3 is 1. The van der Waals surface area contributed by atoms with E-state index >= 15 is 0 Å². The number of ether oxygens (including phenoxy) is 1. The highest BCUT2D eigenvalue weighted by Gasteiger charge is 2.22. The van der Waals surface area contributed by atoms with Gasteiger partial charge in [0.15, 0.2) is 0 Å². The number of carbonyl (C=O) groups excluding carboxylic acids is 2. The van der Waals surface area contributed by atoms with Crippen LogP contribution in [-0.2, 0) is 14.3 Å². The van der Waals surface area contributed by atoms with Crippen LogP contribution >= 0.6 is 0 Å². The summed E-state index contributed by atoms with van der Waals surface area (Å²) in [7, 11) is 1.62. The van der Waals surface area contributed by atoms with E-state index in [0.29, 0.717) is 26.2 Å². The third-order valence-corrected chi connectivity index (χ3v) is 2.66. The number of hydrogen-bond donors (Lipinski definition) is 2. The average molecular weight is 243 g/mol. The molecule has 0 spiro atoms. The minimum atomic E-state index is -0.519. The topological polar surface area (TPSA) is 70.7 Å². The molecule has 1 rings (SSSR count). The second-order valence-corrected chi connectivity index (χ2v) is 4.31. The summed E-state index contributed by atoms with van der Waals surface area (Å²) in [6, 6.07) is 0. The molecule has 2 N–H and O–H groups in total. The number of nitrogens with zero attached hydrogens (tertiary/aromatic N) is 1. The van der Waals surface area contributed by atoms with Crippen LogP contribution in [0.5, 0.6) is 0 Å². The van der Waals surface area contributed by atoms with Crippen molar-refractivity contribution in [3.8, 4) is 0 Å². The molecular weight excluding hydrogens is 222 g/mol. The fraction of sp³-hybridized carbons (Fsp3) is 0.818. The molecule has 6 heteroatoms. The van der Waals surface area contributed by atoms with Crippen LogP contribution in [-0.4, -0.2) is 63.2 Å². The van der Waals surface area contributed by atoms with Crippen molar-refractivity contribution in [3.05, 3.63) is 0 Å². The molecule has 0 aromatic heterocycles. The molecule has 1 heterocycles. The Kier molecular flexibility index (Phi) is 5.93. The van der Waals surface area contributed by atoms with E-state index in [4.69, 9.17) is 4.74 Å². The monoisotopic (exact) mass is 243 g/mol. The lowest BCUT2D eigenvalue weighted by Crippen LogP contribution is -2.51. The summed E-state index contributed by atoms with van der Waals surface area (Å²) in [5, 5.41) is 5.77. The maximum absolute atomic E-state index is 11.7. The van der Waals surface area contributed by atoms with Crippen LogP contribution < -0.4 is 10.6 Å². The average Bonchev–Trinajstić information content (AvgIpc) is 2.36. The molecule has 1 aliphatic rings. The molecule has 2 amide bonds. The number of hydrogen-bond acceptors (Lipinski definition) is 4. The van der Waals surface area contributed by atoms with Crippen LogP contribution in [0.25, 0.3) is 0 Å². The zero-order chi connectivity index (χ0) is 12.7. The van der Waals surface area contributed by atoms with Crippen LogP contribution in [0.1, 0.15) is 6.92 Å². The largest absolute Gasteiger partial charge is 0.384 e. The van der Waals surface area contributed by atoms with Crippen LogP contribution in [0.15, 0.2) is 0 Å². The minimum Gasteiger partial charge on any atom is -0.384 e. The molecule has 0 aromatic carbocycles. The van der Waals surface area contributed by atoms with Gasteiger partial charge in [0, 0.05) is 39.8 Å². The second kappa shape index (κ2) is 7.24. The highest BCUT2D eigenvalue weighted by Crippen LogP contribution is 1.95. The molecule has 1 atom stereocenters. The van der Waals surface area contributed by atoms with Gasteiger partial charge >= 0.3 is 11.8 Å². The Morgan fingerprint density at radius 3 is 2.65 bits per heavy atom. The number of rotatable bonds is 4. The summed E-state index contributed by atoms with van der Waals surface area (Å²) >= 11 is 0. The van der Waals surface area contributed by atoms with Gasteiger partial charge in [-0.25, -0.2) is 0 Å². The van der Waals surface area contributed by atoms with Gasteiger partial charge in [-0.1, -0.05) is 6.92 Å². The van der Waals surface area contributed by atoms with Gasteiger partial charge in [0.1, 0.15) is 0 Å². The van der Waals surface area contributed by atoms with E-state index in [0.717, 1.165) is 13.1 Å². The Labute approximate surface area is 102 Å². The lowest BCUT2D eigenvalue weighted by atomic mass is 10.2. The van der Waals surface area contributed by atoms with Crippen LogP contribution in [0, 0.1) is 5.92 Å². The predicted octanol–water partition coefficient (Wildman–Crippen LogP) is -1.18. The molecule has 0 aromatic rings. The Balaban J connectivity index is 2.28. The van der Waals surface area contributed by atoms with E-state index in [1.165, 1.54) is 0 Å². The van der Waals surface area contributed by atoms with Crippen molar-refractivity contribution < 1.29 is 14.3 Å². The van der Waals surface area contributed by atoms with Gasteiger partial charge in [-0.2, -0.15) is 0 Å². The smallest absolute Gasteiger partial charge is 0.311 e. The fourth-order valence-corrected chi connectivity index (χ4v) is 1.70. The van der Waals surface area contributed by atoms with E-state index in [9.17, 15) is 9.59 Å². The van der Waals surface area contributed by atoms with E-state index in [1.807, 2.05) is 6.92 Å². The first-order chi connectivity index (χ1) is 8.15. The first kappa shape index (κ1) is 13.9. The summed E-state index contributed by atoms with van der Waals surface area (Å²) in [5.74, 6) is -0.745. The maximum atomic E-state index is 11.7. The minimum absolute atomic E-state index is 0.208. The SMILES string of the molecule is COCC(C)CNC(=O)C(=O)N1CCNCC1. The maximum Gasteiger partial charge on any atom is 0.311 e. The Morgan fingerprint density at radius 2 is 2.06 bits per heavy atom. The first-order valence-electron chi connectivity index (χ1n) is 5.92. The van der Waals surface area contributed by atoms with Crippen molar-refractivity contribution in [1.82, 2.24) is 15.5 Å². The third kappa shape index (κ3) is 4.70. The van der Waals surface area contributed by atoms with Crippen molar-refractivity contribution in [1.29, 1.82) is 0 Å². The molecule has 0 radical (unpaired) electrons. The Hall–Kier alpha value is -1.14. The van der Waals surface area contributed by atoms with Crippen molar-refractivity contribution in [2.24, 2.45) is 5.92 Å². The zero-order valence-electron chi connectivity index (χ0n) is 10.5. The highest BCUT2D eigenvalue weighted by atomic mass is 16.5. The molecule has 17 heavy (non-hydrogen) atoms. The Morgan fingerprint density at radius 1 is 1.41 bits per heavy atom. The van der Waals surface area contributed by atoms with E-state index < -0.39 is 11.8 Å². The predicted molar refractivity (Wildman–Crippen MR) is 63.5 cm³/mol. The van der Waals surface area contributed by atoms with Gasteiger partial charge in [-0.3, -0.25) is 9.59 Å². The van der Waals surface area contributed by atoms with Gasteiger partial charge in [0.2, 0.25) is 0 Å². The zero-order valence-corrected chi connectivity index (χ0v) is 10.5. The van der Waals surface area contributed by atoms with Gasteiger partial charge in [0.05, 0.1) is 6.61 Å². The van der Waals surface area contributed by atoms with Gasteiger partial charge < -0.3 is 20.3 Å². The molecule has 0 aliphatic carbocycles. The molecule has 0 bridgehead atoms. The summed E-state index contributed by atoms with van der Waals surface area (Å²) in [6.07, 6.45) is 0. The van der Waals surface area contributed by atoms with Crippen LogP contribution in [0.3, 0.4) is 0 Å². The second-order valence-electron chi connectivity index (χ2n) is 4.31. The van der Waals surface area contributed by atoms with E-state index in [1.54, 1.807) is 12.0 Å². The normalized spacial score (nSPS) is 17.6. The summed E-state index contributed by atoms with van der Waals surface area (Å²) in [4.78, 5) is 24.9. The van der Waals surface area contributed by atoms with Crippen molar-refractivity contribution in [2.45, 2.75) is 6.92 Å². The lowest BCUT2D eigenvalue weighted by molar-refractivity contribution is -0.146. The fourth-order valence-electron chi connectivity index (χ4n) is 1.70. The first-order valence-corrected chi connectivity index (χ1v) is 5.92. The molecule has 98 valence electrons. The molecular formula is C11H21N3O3. The molecule has 1 unspecified atom stereocenters. The molecule has 6 nitrogen and oxygen atoms in total. The number of nitrogens with one attached hydrogen (secondary N) is 2. The third-order valence-electron chi connectivity index (χ3n) is 2.66. The van der Waals surface area contributed by atoms with Crippen molar-refractivity contribution >= 4 is 11.8 Å². The van der Waals surface area contributed by atoms with Gasteiger partial charge in [-0.05, 0) is 5.92 Å². The lowest BCUT2D eigenvalue weighted by Gasteiger charge is -2.26. The van der Waals surface area contributed by atoms with E-state index in [2.05, 4.69) is 10.6 Å². The Bertz CT molecular complexity index is 265. The molecule has 1 aliphatic heterocycles. The molecule has 1 fully saturated rings. The highest BCUT2D eigenvalue weighted by molar-refractivity contribution is 6.35. The van der Waals surface area contributed by atoms with Crippen molar-refractivity contribution in [2.75, 3.05) is 46.4 Å². The van der Waals surface area contributed by atoms with Crippen LogP contribution in [0.2, 0.25) is 0 Å². The van der Waals surface area contributed by atoms with Gasteiger partial charge in [-0.15, -0.1) is 0 Å². The quantitative estimate of drug-likeness (QED) is 0.610. The van der Waals surface area contributed by atoms with Gasteiger partial charge in [0.25, 0.3) is 0 Å². The number of carbonyl (C=O) groups is 2. The van der Waals surface area contributed by atoms with Crippen molar-refractivity contribution in [3.63, 3.8) is 0 Å². The standard InChI is InChI=1S/C11H21N3O3/c1-9(8-17-2)7-13-10(15)11(16)14-5-3-12-4-6-14/h9,12H,3-8H2,1-2H3,(H,13,15). The summed E-state index contributed by atoms with van der Waals surface area (Å²) in [5.41, 5.74) is 0. The molecule has 1 saturated heterocycles. The summed E-state index contributed by atoms with van der Waals surface area (Å²) in [6.45, 7) is 5.68. The summed E-state index contributed by atoms with van der Waals surface area (Å²) < 4.78 is 4.96.